The van der Waals surface area contributed by atoms with Gasteiger partial charge < -0.3 is 10.6 Å². The van der Waals surface area contributed by atoms with E-state index in [1.165, 1.54) is 34.2 Å². The topological polar surface area (TPSA) is 36.4 Å². The number of hydrogen-bond acceptors (Lipinski definition) is 3. The van der Waals surface area contributed by atoms with Crippen molar-refractivity contribution in [1.82, 2.24) is 10.6 Å². The van der Waals surface area contributed by atoms with Crippen molar-refractivity contribution in [3.05, 3.63) is 57.8 Å². The Hall–Kier alpha value is -1.39. The summed E-state index contributed by atoms with van der Waals surface area (Å²) in [7, 11) is 0. The van der Waals surface area contributed by atoms with Gasteiger partial charge in [-0.1, -0.05) is 40.2 Å². The van der Waals surface area contributed by atoms with Gasteiger partial charge in [0.25, 0.3) is 0 Å². The molecule has 0 bridgehead atoms. The molecular formula is C18H20BrN3. The van der Waals surface area contributed by atoms with Crippen molar-refractivity contribution in [2.45, 2.75) is 25.3 Å². The third-order valence-corrected chi connectivity index (χ3v) is 5.24. The van der Waals surface area contributed by atoms with Crippen LogP contribution in [-0.4, -0.2) is 25.0 Å². The summed E-state index contributed by atoms with van der Waals surface area (Å²) in [6, 6.07) is 0.400. The Morgan fingerprint density at radius 1 is 1.27 bits per heavy atom. The van der Waals surface area contributed by atoms with Gasteiger partial charge in [0.1, 0.15) is 5.84 Å². The summed E-state index contributed by atoms with van der Waals surface area (Å²) in [5.74, 6) is 1.61. The second kappa shape index (κ2) is 6.01. The van der Waals surface area contributed by atoms with E-state index in [0.29, 0.717) is 12.0 Å². The molecule has 2 atom stereocenters. The van der Waals surface area contributed by atoms with Crippen molar-refractivity contribution in [3.8, 4) is 0 Å². The number of nitrogens with one attached hydrogen (secondary N) is 2. The molecule has 4 heteroatoms. The van der Waals surface area contributed by atoms with Crippen molar-refractivity contribution in [1.29, 1.82) is 0 Å². The highest BCUT2D eigenvalue weighted by Crippen LogP contribution is 2.35. The second-order valence-corrected chi connectivity index (χ2v) is 7.19. The number of halogens is 1. The fourth-order valence-electron chi connectivity index (χ4n) is 3.42. The molecule has 114 valence electrons. The van der Waals surface area contributed by atoms with Crippen LogP contribution in [0.15, 0.2) is 62.8 Å². The van der Waals surface area contributed by atoms with E-state index >= 15 is 0 Å². The van der Waals surface area contributed by atoms with Crippen molar-refractivity contribution >= 4 is 21.8 Å². The van der Waals surface area contributed by atoms with Crippen LogP contribution in [0.1, 0.15) is 19.3 Å². The van der Waals surface area contributed by atoms with Gasteiger partial charge >= 0.3 is 0 Å². The number of allylic oxidation sites excluding steroid dienone is 7. The quantitative estimate of drug-likeness (QED) is 0.794. The van der Waals surface area contributed by atoms with E-state index < -0.39 is 0 Å². The van der Waals surface area contributed by atoms with Crippen LogP contribution in [0.4, 0.5) is 0 Å². The summed E-state index contributed by atoms with van der Waals surface area (Å²) in [5.41, 5.74) is 3.86. The maximum atomic E-state index is 4.63. The largest absolute Gasteiger partial charge is 0.342 e. The minimum Gasteiger partial charge on any atom is -0.342 e. The molecule has 22 heavy (non-hydrogen) atoms. The molecule has 0 aromatic heterocycles. The van der Waals surface area contributed by atoms with Gasteiger partial charge in [0.2, 0.25) is 0 Å². The normalized spacial score (nSPS) is 30.5. The SMILES string of the molecule is BrC1=CC=C2C=C(C3=CCN=C([C@@H]4CCCN4)N3)C=CC2C1. The van der Waals surface area contributed by atoms with Gasteiger partial charge in [-0.25, -0.2) is 0 Å². The molecule has 2 aliphatic carbocycles. The molecule has 3 nitrogen and oxygen atoms in total. The summed E-state index contributed by atoms with van der Waals surface area (Å²) in [5, 5.41) is 7.06. The molecule has 0 saturated carbocycles. The molecule has 4 aliphatic rings. The smallest absolute Gasteiger partial charge is 0.118 e. The molecule has 2 N–H and O–H groups in total. The first kappa shape index (κ1) is 14.2. The average Bonchev–Trinajstić information content (AvgIpc) is 3.09. The molecular weight excluding hydrogens is 338 g/mol. The predicted octanol–water partition coefficient (Wildman–Crippen LogP) is 3.35. The van der Waals surface area contributed by atoms with Crippen LogP contribution in [0.25, 0.3) is 0 Å². The predicted molar refractivity (Wildman–Crippen MR) is 95.0 cm³/mol. The highest BCUT2D eigenvalue weighted by Gasteiger charge is 2.24. The Labute approximate surface area is 139 Å². The maximum absolute atomic E-state index is 4.63. The van der Waals surface area contributed by atoms with E-state index in [0.717, 1.165) is 25.3 Å². The number of aliphatic imine (C=N–C) groups is 1. The molecule has 0 spiro atoms. The Bertz CT molecular complexity index is 658. The molecule has 0 aromatic carbocycles. The van der Waals surface area contributed by atoms with Gasteiger partial charge in [-0.15, -0.1) is 0 Å². The monoisotopic (exact) mass is 357 g/mol. The number of nitrogens with zero attached hydrogens (tertiary/aromatic N) is 1. The van der Waals surface area contributed by atoms with Gasteiger partial charge in [0.15, 0.2) is 0 Å². The molecule has 0 amide bonds. The molecule has 1 fully saturated rings. The lowest BCUT2D eigenvalue weighted by molar-refractivity contribution is 0.731. The first-order chi connectivity index (χ1) is 10.8. The summed E-state index contributed by atoms with van der Waals surface area (Å²) >= 11 is 3.60. The Morgan fingerprint density at radius 3 is 3.09 bits per heavy atom. The number of rotatable bonds is 2. The van der Waals surface area contributed by atoms with Crippen molar-refractivity contribution in [2.75, 3.05) is 13.1 Å². The Morgan fingerprint density at radius 2 is 2.23 bits per heavy atom. The minimum absolute atomic E-state index is 0.400. The van der Waals surface area contributed by atoms with Crippen molar-refractivity contribution in [2.24, 2.45) is 10.9 Å². The van der Waals surface area contributed by atoms with E-state index in [9.17, 15) is 0 Å². The van der Waals surface area contributed by atoms with E-state index in [1.54, 1.807) is 0 Å². The van der Waals surface area contributed by atoms with Gasteiger partial charge in [-0.05, 0) is 53.6 Å². The zero-order valence-electron chi connectivity index (χ0n) is 12.5. The fraction of sp³-hybridized carbons (Fsp3) is 0.389. The van der Waals surface area contributed by atoms with Gasteiger partial charge in [-0.2, -0.15) is 0 Å². The van der Waals surface area contributed by atoms with Crippen LogP contribution in [0.3, 0.4) is 0 Å². The van der Waals surface area contributed by atoms with Crippen LogP contribution >= 0.6 is 15.9 Å². The molecule has 0 radical (unpaired) electrons. The van der Waals surface area contributed by atoms with E-state index in [1.807, 2.05) is 0 Å². The molecule has 2 heterocycles. The van der Waals surface area contributed by atoms with E-state index in [2.05, 4.69) is 68.0 Å². The van der Waals surface area contributed by atoms with Gasteiger partial charge in [0.05, 0.1) is 12.6 Å². The van der Waals surface area contributed by atoms with E-state index in [-0.39, 0.29) is 0 Å². The van der Waals surface area contributed by atoms with Crippen LogP contribution in [-0.2, 0) is 0 Å². The highest BCUT2D eigenvalue weighted by molar-refractivity contribution is 9.11. The molecule has 0 aromatic rings. The minimum atomic E-state index is 0.400. The van der Waals surface area contributed by atoms with Crippen LogP contribution in [0.2, 0.25) is 0 Å². The average molecular weight is 358 g/mol. The first-order valence-electron chi connectivity index (χ1n) is 8.01. The number of amidine groups is 1. The third kappa shape index (κ3) is 2.77. The Balaban J connectivity index is 1.53. The zero-order chi connectivity index (χ0) is 14.9. The fourth-order valence-corrected chi connectivity index (χ4v) is 3.91. The lowest BCUT2D eigenvalue weighted by atomic mass is 9.85. The van der Waals surface area contributed by atoms with E-state index in [4.69, 9.17) is 0 Å². The van der Waals surface area contributed by atoms with Gasteiger partial charge in [0, 0.05) is 11.6 Å². The summed E-state index contributed by atoms with van der Waals surface area (Å²) in [4.78, 5) is 4.63. The molecule has 1 saturated heterocycles. The standard InChI is InChI=1S/C18H20BrN3/c19-15-6-5-12-10-14(4-3-13(12)11-15)16-7-9-21-18(22-16)17-2-1-8-20-17/h3-7,10,13,17,20H,1-2,8-9,11H2,(H,21,22)/t13?,17-/m0/s1. The second-order valence-electron chi connectivity index (χ2n) is 6.17. The zero-order valence-corrected chi connectivity index (χ0v) is 14.1. The Kier molecular flexibility index (Phi) is 3.89. The summed E-state index contributed by atoms with van der Waals surface area (Å²) < 4.78 is 1.28. The molecule has 2 aliphatic heterocycles. The lowest BCUT2D eigenvalue weighted by Crippen LogP contribution is -2.42. The van der Waals surface area contributed by atoms with Crippen molar-refractivity contribution in [3.63, 3.8) is 0 Å². The number of hydrogen-bond donors (Lipinski definition) is 2. The summed E-state index contributed by atoms with van der Waals surface area (Å²) in [6.07, 6.45) is 16.9. The highest BCUT2D eigenvalue weighted by atomic mass is 79.9. The van der Waals surface area contributed by atoms with Crippen LogP contribution < -0.4 is 10.6 Å². The number of fused-ring (bicyclic) bond motifs is 1. The summed E-state index contributed by atoms with van der Waals surface area (Å²) in [6.45, 7) is 1.87. The maximum Gasteiger partial charge on any atom is 0.118 e. The first-order valence-corrected chi connectivity index (χ1v) is 8.80. The third-order valence-electron chi connectivity index (χ3n) is 4.65. The van der Waals surface area contributed by atoms with Crippen LogP contribution in [0, 0.1) is 5.92 Å². The lowest BCUT2D eigenvalue weighted by Gasteiger charge is -2.26. The molecule has 4 rings (SSSR count). The van der Waals surface area contributed by atoms with Gasteiger partial charge in [-0.3, -0.25) is 4.99 Å². The van der Waals surface area contributed by atoms with Crippen LogP contribution in [0.5, 0.6) is 0 Å². The molecule has 1 unspecified atom stereocenters. The van der Waals surface area contributed by atoms with Crippen molar-refractivity contribution < 1.29 is 0 Å².